The van der Waals surface area contributed by atoms with Crippen molar-refractivity contribution in [2.75, 3.05) is 38.6 Å². The molecule has 0 bridgehead atoms. The van der Waals surface area contributed by atoms with Crippen LogP contribution in [0, 0.1) is 5.82 Å². The summed E-state index contributed by atoms with van der Waals surface area (Å²) in [6, 6.07) is 12.9. The SMILES string of the molecule is CN1CCCC1CCNC(=O)c1cn2c3c(c(NCC(O)CO)c(F)cc3c1=O)Oc1cc3ccccc3cc1-2. The Morgan fingerprint density at radius 2 is 2.00 bits per heavy atom. The quantitative estimate of drug-likeness (QED) is 0.236. The summed E-state index contributed by atoms with van der Waals surface area (Å²) >= 11 is 0. The fourth-order valence-electron chi connectivity index (χ4n) is 5.71. The Balaban J connectivity index is 1.47. The summed E-state index contributed by atoms with van der Waals surface area (Å²) in [5, 5.41) is 26.6. The van der Waals surface area contributed by atoms with Gasteiger partial charge in [0.2, 0.25) is 5.43 Å². The molecule has 0 saturated carbocycles. The standard InChI is InChI=1S/C30H31FN4O5/c1-34-10-4-7-19(34)8-9-32-30(39)22-15-35-24-11-17-5-2-3-6-18(17)12-25(24)40-29-26(33-14-20(37)16-36)23(31)13-21(27(29)35)28(22)38/h2-3,5-6,11-13,15,19-20,33,36-37H,4,7-10,14,16H2,1H3,(H,32,39). The highest BCUT2D eigenvalue weighted by Gasteiger charge is 2.29. The third-order valence-electron chi connectivity index (χ3n) is 7.90. The number of halogens is 1. The molecule has 9 nitrogen and oxygen atoms in total. The molecule has 40 heavy (non-hydrogen) atoms. The zero-order chi connectivity index (χ0) is 28.0. The predicted octanol–water partition coefficient (Wildman–Crippen LogP) is 3.37. The molecule has 6 rings (SSSR count). The number of hydrogen-bond donors (Lipinski definition) is 4. The fourth-order valence-corrected chi connectivity index (χ4v) is 5.71. The van der Waals surface area contributed by atoms with Crippen molar-refractivity contribution in [2.24, 2.45) is 0 Å². The lowest BCUT2D eigenvalue weighted by Crippen LogP contribution is -2.34. The minimum atomic E-state index is -1.13. The summed E-state index contributed by atoms with van der Waals surface area (Å²) in [7, 11) is 2.07. The summed E-state index contributed by atoms with van der Waals surface area (Å²) in [6.07, 6.45) is 3.35. The third-order valence-corrected chi connectivity index (χ3v) is 7.90. The number of carbonyl (C=O) groups is 1. The van der Waals surface area contributed by atoms with E-state index in [9.17, 15) is 19.8 Å². The molecule has 0 aliphatic carbocycles. The zero-order valence-corrected chi connectivity index (χ0v) is 22.1. The lowest BCUT2D eigenvalue weighted by atomic mass is 10.0. The van der Waals surface area contributed by atoms with Gasteiger partial charge < -0.3 is 35.1 Å². The Bertz CT molecular complexity index is 1690. The van der Waals surface area contributed by atoms with Crippen molar-refractivity contribution in [3.8, 4) is 17.2 Å². The van der Waals surface area contributed by atoms with E-state index in [0.29, 0.717) is 29.5 Å². The molecule has 2 unspecified atom stereocenters. The van der Waals surface area contributed by atoms with Crippen LogP contribution in [0.4, 0.5) is 10.1 Å². The van der Waals surface area contributed by atoms with Crippen LogP contribution >= 0.6 is 0 Å². The number of anilines is 1. The van der Waals surface area contributed by atoms with Gasteiger partial charge in [-0.3, -0.25) is 9.59 Å². The Kier molecular flexibility index (Phi) is 6.91. The summed E-state index contributed by atoms with van der Waals surface area (Å²) in [4.78, 5) is 29.2. The van der Waals surface area contributed by atoms with Gasteiger partial charge in [0.05, 0.1) is 23.8 Å². The molecule has 3 heterocycles. The van der Waals surface area contributed by atoms with E-state index in [1.807, 2.05) is 36.4 Å². The highest BCUT2D eigenvalue weighted by Crippen LogP contribution is 2.46. The topological polar surface area (TPSA) is 116 Å². The van der Waals surface area contributed by atoms with Gasteiger partial charge >= 0.3 is 0 Å². The van der Waals surface area contributed by atoms with Crippen LogP contribution in [-0.4, -0.2) is 71.0 Å². The van der Waals surface area contributed by atoms with Gasteiger partial charge in [-0.1, -0.05) is 24.3 Å². The van der Waals surface area contributed by atoms with Crippen LogP contribution in [0.25, 0.3) is 27.4 Å². The van der Waals surface area contributed by atoms with Gasteiger partial charge in [0.15, 0.2) is 17.3 Å². The van der Waals surface area contributed by atoms with E-state index in [1.54, 1.807) is 4.57 Å². The number of aliphatic hydroxyl groups is 2. The van der Waals surface area contributed by atoms with E-state index in [4.69, 9.17) is 4.74 Å². The normalized spacial score (nSPS) is 17.1. The second-order valence-corrected chi connectivity index (χ2v) is 10.5. The molecule has 2 aliphatic rings. The van der Waals surface area contributed by atoms with Gasteiger partial charge in [-0.15, -0.1) is 0 Å². The number of fused-ring (bicyclic) bond motifs is 3. The van der Waals surface area contributed by atoms with Crippen molar-refractivity contribution < 1.29 is 24.1 Å². The maximum atomic E-state index is 15.5. The molecule has 2 atom stereocenters. The van der Waals surface area contributed by atoms with Gasteiger partial charge in [-0.2, -0.15) is 0 Å². The maximum absolute atomic E-state index is 15.5. The number of rotatable bonds is 8. The van der Waals surface area contributed by atoms with Crippen LogP contribution in [0.3, 0.4) is 0 Å². The number of benzene rings is 3. The van der Waals surface area contributed by atoms with E-state index >= 15 is 4.39 Å². The van der Waals surface area contributed by atoms with Gasteiger partial charge in [-0.25, -0.2) is 4.39 Å². The lowest BCUT2D eigenvalue weighted by molar-refractivity contribution is 0.0948. The molecule has 208 valence electrons. The van der Waals surface area contributed by atoms with Crippen LogP contribution in [0.1, 0.15) is 29.6 Å². The number of ether oxygens (including phenoxy) is 1. The average Bonchev–Trinajstić information content (AvgIpc) is 3.36. The van der Waals surface area contributed by atoms with E-state index in [2.05, 4.69) is 22.6 Å². The highest BCUT2D eigenvalue weighted by molar-refractivity contribution is 6.02. The van der Waals surface area contributed by atoms with Gasteiger partial charge in [0, 0.05) is 25.3 Å². The van der Waals surface area contributed by atoms with E-state index in [0.717, 1.165) is 42.6 Å². The zero-order valence-electron chi connectivity index (χ0n) is 22.1. The van der Waals surface area contributed by atoms with Crippen molar-refractivity contribution in [1.82, 2.24) is 14.8 Å². The van der Waals surface area contributed by atoms with E-state index in [-0.39, 0.29) is 28.9 Å². The molecule has 1 saturated heterocycles. The Morgan fingerprint density at radius 1 is 1.23 bits per heavy atom. The van der Waals surface area contributed by atoms with Crippen LogP contribution in [0.5, 0.6) is 11.5 Å². The van der Waals surface area contributed by atoms with Gasteiger partial charge in [-0.05, 0) is 61.8 Å². The first-order valence-electron chi connectivity index (χ1n) is 13.5. The van der Waals surface area contributed by atoms with Gasteiger partial charge in [0.1, 0.15) is 16.8 Å². The number of pyridine rings is 1. The predicted molar refractivity (Wildman–Crippen MR) is 151 cm³/mol. The fraction of sp³-hybridized carbons (Fsp3) is 0.333. The second kappa shape index (κ2) is 10.5. The molecule has 3 aromatic carbocycles. The van der Waals surface area contributed by atoms with Crippen LogP contribution in [0.2, 0.25) is 0 Å². The van der Waals surface area contributed by atoms with Crippen LogP contribution < -0.4 is 20.8 Å². The monoisotopic (exact) mass is 546 g/mol. The summed E-state index contributed by atoms with van der Waals surface area (Å²) in [5.41, 5.74) is 0.168. The Morgan fingerprint density at radius 3 is 2.73 bits per heavy atom. The second-order valence-electron chi connectivity index (χ2n) is 10.5. The molecule has 4 N–H and O–H groups in total. The number of likely N-dealkylation sites (tertiary alicyclic amines) is 1. The number of aromatic nitrogens is 1. The average molecular weight is 547 g/mol. The molecule has 1 aromatic heterocycles. The molecule has 4 aromatic rings. The van der Waals surface area contributed by atoms with Crippen LogP contribution in [-0.2, 0) is 0 Å². The Labute approximate surface area is 229 Å². The number of nitrogens with one attached hydrogen (secondary N) is 2. The number of carbonyl (C=O) groups excluding carboxylic acids is 1. The number of amides is 1. The van der Waals surface area contributed by atoms with Crippen molar-refractivity contribution in [2.45, 2.75) is 31.4 Å². The number of aliphatic hydroxyl groups excluding tert-OH is 2. The number of hydrogen-bond acceptors (Lipinski definition) is 7. The van der Waals surface area contributed by atoms with Crippen molar-refractivity contribution in [1.29, 1.82) is 0 Å². The molecular formula is C30H31FN4O5. The number of nitrogens with zero attached hydrogens (tertiary/aromatic N) is 2. The molecule has 0 radical (unpaired) electrons. The van der Waals surface area contributed by atoms with E-state index < -0.39 is 29.9 Å². The molecular weight excluding hydrogens is 515 g/mol. The molecule has 1 amide bonds. The summed E-state index contributed by atoms with van der Waals surface area (Å²) in [6.45, 7) is 0.813. The van der Waals surface area contributed by atoms with Crippen molar-refractivity contribution in [3.05, 3.63) is 70.3 Å². The summed E-state index contributed by atoms with van der Waals surface area (Å²) in [5.74, 6) is -0.804. The minimum absolute atomic E-state index is 0.00254. The van der Waals surface area contributed by atoms with Crippen LogP contribution in [0.15, 0.2) is 53.5 Å². The molecule has 1 fully saturated rings. The first-order chi connectivity index (χ1) is 19.4. The first kappa shape index (κ1) is 26.2. The molecule has 0 spiro atoms. The lowest BCUT2D eigenvalue weighted by Gasteiger charge is -2.27. The van der Waals surface area contributed by atoms with Crippen molar-refractivity contribution in [3.63, 3.8) is 0 Å². The highest BCUT2D eigenvalue weighted by atomic mass is 19.1. The van der Waals surface area contributed by atoms with Gasteiger partial charge in [0.25, 0.3) is 5.91 Å². The molecule has 10 heteroatoms. The van der Waals surface area contributed by atoms with Crippen molar-refractivity contribution >= 4 is 33.3 Å². The Hall–Kier alpha value is -3.99. The smallest absolute Gasteiger partial charge is 0.256 e. The minimum Gasteiger partial charge on any atom is -0.451 e. The third kappa shape index (κ3) is 4.57. The summed E-state index contributed by atoms with van der Waals surface area (Å²) < 4.78 is 23.4. The largest absolute Gasteiger partial charge is 0.451 e. The molecule has 2 aliphatic heterocycles. The first-order valence-corrected chi connectivity index (χ1v) is 13.5. The maximum Gasteiger partial charge on any atom is 0.256 e. The van der Waals surface area contributed by atoms with E-state index in [1.165, 1.54) is 6.20 Å².